The number of hydrogen-bond donors (Lipinski definition) is 1. The molecule has 35 heavy (non-hydrogen) atoms. The number of benzene rings is 2. The van der Waals surface area contributed by atoms with Gasteiger partial charge in [-0.05, 0) is 65.5 Å². The summed E-state index contributed by atoms with van der Waals surface area (Å²) in [5.41, 5.74) is 0.924. The maximum Gasteiger partial charge on any atom is 0.244 e. The van der Waals surface area contributed by atoms with Gasteiger partial charge in [0.25, 0.3) is 0 Å². The minimum absolute atomic E-state index is 0.0155. The lowest BCUT2D eigenvalue weighted by molar-refractivity contribution is -0.139. The second-order valence-electron chi connectivity index (χ2n) is 8.64. The molecule has 0 saturated heterocycles. The van der Waals surface area contributed by atoms with E-state index in [4.69, 9.17) is 23.2 Å². The highest BCUT2D eigenvalue weighted by molar-refractivity contribution is 9.10. The summed E-state index contributed by atoms with van der Waals surface area (Å²) < 4.78 is 26.8. The Labute approximate surface area is 224 Å². The summed E-state index contributed by atoms with van der Waals surface area (Å²) in [6.45, 7) is 1.17. The zero-order chi connectivity index (χ0) is 25.8. The van der Waals surface area contributed by atoms with Crippen molar-refractivity contribution in [3.63, 3.8) is 0 Å². The molecule has 0 unspecified atom stereocenters. The van der Waals surface area contributed by atoms with Crippen molar-refractivity contribution in [2.75, 3.05) is 17.1 Å². The molecule has 1 aliphatic rings. The summed E-state index contributed by atoms with van der Waals surface area (Å²) >= 11 is 15.7. The molecule has 7 nitrogen and oxygen atoms in total. The zero-order valence-electron chi connectivity index (χ0n) is 19.5. The molecule has 3 rings (SSSR count). The minimum atomic E-state index is -3.81. The Bertz CT molecular complexity index is 1190. The molecule has 1 N–H and O–H groups in total. The Kier molecular flexibility index (Phi) is 9.48. The Morgan fingerprint density at radius 3 is 2.40 bits per heavy atom. The molecule has 0 radical (unpaired) electrons. The van der Waals surface area contributed by atoms with Crippen LogP contribution < -0.4 is 9.62 Å². The Balaban J connectivity index is 1.91. The fraction of sp³-hybridized carbons (Fsp3) is 0.417. The van der Waals surface area contributed by atoms with E-state index >= 15 is 0 Å². The maximum absolute atomic E-state index is 13.6. The number of anilines is 1. The topological polar surface area (TPSA) is 86.8 Å². The SMILES string of the molecule is C[C@H](C(=O)NC1CCCC1)N(Cc1ccc(Cl)cc1Cl)C(=O)CN(c1ccccc1Br)S(C)(=O)=O. The van der Waals surface area contributed by atoms with Crippen LogP contribution >= 0.6 is 39.1 Å². The maximum atomic E-state index is 13.6. The minimum Gasteiger partial charge on any atom is -0.352 e. The number of rotatable bonds is 9. The molecule has 0 aromatic heterocycles. The van der Waals surface area contributed by atoms with E-state index in [-0.39, 0.29) is 18.5 Å². The third kappa shape index (κ3) is 7.35. The van der Waals surface area contributed by atoms with Gasteiger partial charge < -0.3 is 10.2 Å². The highest BCUT2D eigenvalue weighted by Crippen LogP contribution is 2.29. The van der Waals surface area contributed by atoms with Crippen molar-refractivity contribution in [3.8, 4) is 0 Å². The molecule has 1 atom stereocenters. The molecule has 0 aliphatic heterocycles. The molecule has 0 heterocycles. The van der Waals surface area contributed by atoms with E-state index in [1.807, 2.05) is 0 Å². The van der Waals surface area contributed by atoms with Gasteiger partial charge in [0, 0.05) is 27.1 Å². The predicted molar refractivity (Wildman–Crippen MR) is 143 cm³/mol. The first-order valence-corrected chi connectivity index (χ1v) is 14.6. The van der Waals surface area contributed by atoms with Gasteiger partial charge in [0.05, 0.1) is 11.9 Å². The van der Waals surface area contributed by atoms with Crippen LogP contribution in [-0.4, -0.2) is 50.0 Å². The van der Waals surface area contributed by atoms with Gasteiger partial charge in [-0.25, -0.2) is 8.42 Å². The van der Waals surface area contributed by atoms with Crippen LogP contribution in [0.4, 0.5) is 5.69 Å². The summed E-state index contributed by atoms with van der Waals surface area (Å²) in [6, 6.07) is 10.9. The van der Waals surface area contributed by atoms with Crippen LogP contribution in [0.25, 0.3) is 0 Å². The van der Waals surface area contributed by atoms with Gasteiger partial charge in [0.2, 0.25) is 21.8 Å². The van der Waals surface area contributed by atoms with Crippen LogP contribution in [0.5, 0.6) is 0 Å². The van der Waals surface area contributed by atoms with Crippen LogP contribution in [0.2, 0.25) is 10.0 Å². The van der Waals surface area contributed by atoms with Crippen molar-refractivity contribution >= 4 is 66.7 Å². The fourth-order valence-corrected chi connectivity index (χ4v) is 6.00. The summed E-state index contributed by atoms with van der Waals surface area (Å²) in [4.78, 5) is 28.0. The van der Waals surface area contributed by atoms with E-state index in [9.17, 15) is 18.0 Å². The van der Waals surface area contributed by atoms with E-state index in [1.165, 1.54) is 4.90 Å². The van der Waals surface area contributed by atoms with Crippen molar-refractivity contribution in [1.82, 2.24) is 10.2 Å². The fourth-order valence-electron chi connectivity index (χ4n) is 4.06. The van der Waals surface area contributed by atoms with Gasteiger partial charge in [-0.3, -0.25) is 13.9 Å². The molecule has 1 saturated carbocycles. The van der Waals surface area contributed by atoms with Crippen LogP contribution in [-0.2, 0) is 26.2 Å². The Morgan fingerprint density at radius 1 is 1.14 bits per heavy atom. The molecule has 1 aliphatic carbocycles. The number of halogens is 3. The molecule has 11 heteroatoms. The van der Waals surface area contributed by atoms with E-state index in [0.717, 1.165) is 36.2 Å². The molecule has 0 spiro atoms. The third-order valence-electron chi connectivity index (χ3n) is 6.02. The van der Waals surface area contributed by atoms with Gasteiger partial charge in [-0.1, -0.05) is 54.2 Å². The monoisotopic (exact) mass is 603 g/mol. The van der Waals surface area contributed by atoms with Crippen molar-refractivity contribution < 1.29 is 18.0 Å². The molecular weight excluding hydrogens is 577 g/mol. The Hall–Kier alpha value is -1.81. The normalized spacial score (nSPS) is 15.0. The first-order chi connectivity index (χ1) is 16.5. The molecule has 190 valence electrons. The first kappa shape index (κ1) is 27.8. The van der Waals surface area contributed by atoms with Crippen LogP contribution in [0.15, 0.2) is 46.9 Å². The number of nitrogens with zero attached hydrogens (tertiary/aromatic N) is 2. The number of nitrogens with one attached hydrogen (secondary N) is 1. The highest BCUT2D eigenvalue weighted by atomic mass is 79.9. The molecule has 0 bridgehead atoms. The molecule has 2 aromatic carbocycles. The summed E-state index contributed by atoms with van der Waals surface area (Å²) in [5, 5.41) is 3.82. The number of sulfonamides is 1. The van der Waals surface area contributed by atoms with E-state index in [1.54, 1.807) is 49.4 Å². The molecule has 2 aromatic rings. The lowest BCUT2D eigenvalue weighted by Crippen LogP contribution is -2.52. The van der Waals surface area contributed by atoms with Gasteiger partial charge in [0.15, 0.2) is 0 Å². The number of hydrogen-bond acceptors (Lipinski definition) is 4. The number of carbonyl (C=O) groups is 2. The van der Waals surface area contributed by atoms with Crippen molar-refractivity contribution in [3.05, 3.63) is 62.5 Å². The number of carbonyl (C=O) groups excluding carboxylic acids is 2. The third-order valence-corrected chi connectivity index (χ3v) is 8.41. The van der Waals surface area contributed by atoms with E-state index < -0.39 is 28.5 Å². The quantitative estimate of drug-likeness (QED) is 0.436. The lowest BCUT2D eigenvalue weighted by atomic mass is 10.1. The molecule has 1 fully saturated rings. The van der Waals surface area contributed by atoms with Crippen LogP contribution in [0.1, 0.15) is 38.2 Å². The van der Waals surface area contributed by atoms with Gasteiger partial charge in [-0.2, -0.15) is 0 Å². The average Bonchev–Trinajstić information content (AvgIpc) is 3.29. The van der Waals surface area contributed by atoms with Crippen molar-refractivity contribution in [2.24, 2.45) is 0 Å². The van der Waals surface area contributed by atoms with Gasteiger partial charge in [-0.15, -0.1) is 0 Å². The standard InChI is InChI=1S/C24H28BrCl2N3O4S/c1-16(24(32)28-19-7-3-4-8-19)29(14-17-11-12-18(26)13-21(17)27)23(31)15-30(35(2,33)34)22-10-6-5-9-20(22)25/h5-6,9-13,16,19H,3-4,7-8,14-15H2,1-2H3,(H,28,32)/t16-/m1/s1. The Morgan fingerprint density at radius 2 is 1.80 bits per heavy atom. The largest absolute Gasteiger partial charge is 0.352 e. The smallest absolute Gasteiger partial charge is 0.244 e. The van der Waals surface area contributed by atoms with Crippen LogP contribution in [0.3, 0.4) is 0 Å². The van der Waals surface area contributed by atoms with E-state index in [2.05, 4.69) is 21.2 Å². The number of amides is 2. The first-order valence-electron chi connectivity index (χ1n) is 11.2. The summed E-state index contributed by atoms with van der Waals surface area (Å²) in [7, 11) is -3.81. The summed E-state index contributed by atoms with van der Waals surface area (Å²) in [6.07, 6.45) is 4.95. The van der Waals surface area contributed by atoms with Crippen LogP contribution in [0, 0.1) is 0 Å². The van der Waals surface area contributed by atoms with Gasteiger partial charge >= 0.3 is 0 Å². The molecule has 2 amide bonds. The average molecular weight is 605 g/mol. The molecular formula is C24H28BrCl2N3O4S. The summed E-state index contributed by atoms with van der Waals surface area (Å²) in [5.74, 6) is -0.826. The highest BCUT2D eigenvalue weighted by Gasteiger charge is 2.32. The zero-order valence-corrected chi connectivity index (χ0v) is 23.4. The predicted octanol–water partition coefficient (Wildman–Crippen LogP) is 5.00. The van der Waals surface area contributed by atoms with E-state index in [0.29, 0.717) is 25.8 Å². The van der Waals surface area contributed by atoms with Gasteiger partial charge in [0.1, 0.15) is 12.6 Å². The van der Waals surface area contributed by atoms with Crippen molar-refractivity contribution in [1.29, 1.82) is 0 Å². The second-order valence-corrected chi connectivity index (χ2v) is 12.2. The second kappa shape index (κ2) is 12.0. The number of para-hydroxylation sites is 1. The van der Waals surface area contributed by atoms with Crippen molar-refractivity contribution in [2.45, 2.75) is 51.2 Å². The lowest BCUT2D eigenvalue weighted by Gasteiger charge is -2.32.